The van der Waals surface area contributed by atoms with Crippen molar-refractivity contribution in [3.63, 3.8) is 0 Å². The first-order valence-corrected chi connectivity index (χ1v) is 9.09. The molecular formula is C23H21NO6. The Bertz CT molecular complexity index is 1020. The molecule has 0 fully saturated rings. The lowest BCUT2D eigenvalue weighted by molar-refractivity contribution is -0.125. The molecule has 30 heavy (non-hydrogen) atoms. The zero-order chi connectivity index (χ0) is 21.5. The number of amides is 1. The van der Waals surface area contributed by atoms with E-state index in [1.165, 1.54) is 25.3 Å². The van der Waals surface area contributed by atoms with E-state index in [1.807, 2.05) is 0 Å². The van der Waals surface area contributed by atoms with Crippen molar-refractivity contribution in [2.24, 2.45) is 0 Å². The standard InChI is InChI=1S/C23H21NO6/c1-28-17-10-8-16(9-11-17)24-22(26)21(15-6-4-3-5-7-15)30-23(27)19-13-12-18(29-2)14-20(19)25/h3-14,21,25H,1-2H3,(H,24,26). The van der Waals surface area contributed by atoms with Crippen molar-refractivity contribution in [2.45, 2.75) is 6.10 Å². The van der Waals surface area contributed by atoms with Gasteiger partial charge in [0.25, 0.3) is 5.91 Å². The summed E-state index contributed by atoms with van der Waals surface area (Å²) in [6.07, 6.45) is -1.22. The zero-order valence-corrected chi connectivity index (χ0v) is 16.5. The summed E-state index contributed by atoms with van der Waals surface area (Å²) in [5.41, 5.74) is 0.934. The summed E-state index contributed by atoms with van der Waals surface area (Å²) in [4.78, 5) is 25.6. The van der Waals surface area contributed by atoms with Gasteiger partial charge in [0, 0.05) is 17.3 Å². The lowest BCUT2D eigenvalue weighted by Crippen LogP contribution is -2.26. The largest absolute Gasteiger partial charge is 0.507 e. The van der Waals surface area contributed by atoms with Crippen LogP contribution in [0.15, 0.2) is 72.8 Å². The molecule has 3 aromatic carbocycles. The van der Waals surface area contributed by atoms with E-state index in [0.717, 1.165) is 0 Å². The van der Waals surface area contributed by atoms with Crippen molar-refractivity contribution in [3.05, 3.63) is 83.9 Å². The van der Waals surface area contributed by atoms with Gasteiger partial charge in [0.2, 0.25) is 6.10 Å². The topological polar surface area (TPSA) is 94.1 Å². The first kappa shape index (κ1) is 20.7. The van der Waals surface area contributed by atoms with Crippen LogP contribution in [0.2, 0.25) is 0 Å². The van der Waals surface area contributed by atoms with Crippen LogP contribution in [0.4, 0.5) is 5.69 Å². The lowest BCUT2D eigenvalue weighted by Gasteiger charge is -2.18. The van der Waals surface area contributed by atoms with Crippen LogP contribution in [-0.4, -0.2) is 31.2 Å². The summed E-state index contributed by atoms with van der Waals surface area (Å²) in [5, 5.41) is 12.8. The molecule has 0 aliphatic heterocycles. The normalized spacial score (nSPS) is 11.3. The number of hydrogen-bond acceptors (Lipinski definition) is 6. The molecule has 3 rings (SSSR count). The van der Waals surface area contributed by atoms with Gasteiger partial charge in [-0.3, -0.25) is 4.79 Å². The Morgan fingerprint density at radius 3 is 2.10 bits per heavy atom. The van der Waals surface area contributed by atoms with Crippen molar-refractivity contribution in [1.29, 1.82) is 0 Å². The van der Waals surface area contributed by atoms with E-state index < -0.39 is 18.0 Å². The predicted octanol–water partition coefficient (Wildman–Crippen LogP) is 3.95. The van der Waals surface area contributed by atoms with Gasteiger partial charge in [-0.25, -0.2) is 4.79 Å². The number of aromatic hydroxyl groups is 1. The summed E-state index contributed by atoms with van der Waals surface area (Å²) < 4.78 is 15.6. The van der Waals surface area contributed by atoms with Gasteiger partial charge in [-0.05, 0) is 36.4 Å². The lowest BCUT2D eigenvalue weighted by atomic mass is 10.1. The van der Waals surface area contributed by atoms with Crippen LogP contribution in [0.25, 0.3) is 0 Å². The highest BCUT2D eigenvalue weighted by molar-refractivity contribution is 5.99. The Morgan fingerprint density at radius 2 is 1.50 bits per heavy atom. The van der Waals surface area contributed by atoms with Crippen LogP contribution in [0, 0.1) is 0 Å². The SMILES string of the molecule is COc1ccc(NC(=O)C(OC(=O)c2ccc(OC)cc2O)c2ccccc2)cc1. The number of methoxy groups -OCH3 is 2. The zero-order valence-electron chi connectivity index (χ0n) is 16.5. The number of phenols is 1. The fourth-order valence-electron chi connectivity index (χ4n) is 2.76. The second kappa shape index (κ2) is 9.47. The quantitative estimate of drug-likeness (QED) is 0.576. The minimum Gasteiger partial charge on any atom is -0.507 e. The van der Waals surface area contributed by atoms with Gasteiger partial charge < -0.3 is 24.6 Å². The van der Waals surface area contributed by atoms with E-state index in [4.69, 9.17) is 14.2 Å². The van der Waals surface area contributed by atoms with Crippen molar-refractivity contribution >= 4 is 17.6 Å². The molecule has 0 spiro atoms. The van der Waals surface area contributed by atoms with Gasteiger partial charge in [-0.1, -0.05) is 30.3 Å². The number of nitrogens with one attached hydrogen (secondary N) is 1. The Labute approximate surface area is 173 Å². The summed E-state index contributed by atoms with van der Waals surface area (Å²) in [5.74, 6) is -0.641. The van der Waals surface area contributed by atoms with Crippen LogP contribution >= 0.6 is 0 Å². The molecule has 1 atom stereocenters. The number of carbonyl (C=O) groups excluding carboxylic acids is 2. The van der Waals surface area contributed by atoms with Crippen LogP contribution in [-0.2, 0) is 9.53 Å². The molecule has 0 radical (unpaired) electrons. The van der Waals surface area contributed by atoms with E-state index in [9.17, 15) is 14.7 Å². The highest BCUT2D eigenvalue weighted by atomic mass is 16.5. The second-order valence-corrected chi connectivity index (χ2v) is 6.30. The highest BCUT2D eigenvalue weighted by Gasteiger charge is 2.27. The summed E-state index contributed by atoms with van der Waals surface area (Å²) in [6, 6.07) is 19.6. The molecule has 0 saturated carbocycles. The molecule has 2 N–H and O–H groups in total. The number of benzene rings is 3. The number of rotatable bonds is 7. The molecule has 0 bridgehead atoms. The Morgan fingerprint density at radius 1 is 0.867 bits per heavy atom. The summed E-state index contributed by atoms with van der Waals surface area (Å²) >= 11 is 0. The number of carbonyl (C=O) groups is 2. The summed E-state index contributed by atoms with van der Waals surface area (Å²) in [6.45, 7) is 0. The first-order valence-electron chi connectivity index (χ1n) is 9.09. The van der Waals surface area contributed by atoms with Crippen LogP contribution in [0.1, 0.15) is 22.0 Å². The van der Waals surface area contributed by atoms with E-state index in [1.54, 1.807) is 61.7 Å². The van der Waals surface area contributed by atoms with E-state index in [0.29, 0.717) is 22.7 Å². The molecule has 0 aliphatic carbocycles. The maximum atomic E-state index is 12.9. The maximum absolute atomic E-state index is 12.9. The molecule has 0 heterocycles. The average molecular weight is 407 g/mol. The maximum Gasteiger partial charge on any atom is 0.343 e. The van der Waals surface area contributed by atoms with Gasteiger partial charge in [-0.2, -0.15) is 0 Å². The van der Waals surface area contributed by atoms with Crippen molar-refractivity contribution in [1.82, 2.24) is 0 Å². The number of phenolic OH excluding ortho intramolecular Hbond substituents is 1. The number of anilines is 1. The molecular weight excluding hydrogens is 386 g/mol. The molecule has 1 unspecified atom stereocenters. The summed E-state index contributed by atoms with van der Waals surface area (Å²) in [7, 11) is 2.99. The fourth-order valence-corrected chi connectivity index (χ4v) is 2.76. The highest BCUT2D eigenvalue weighted by Crippen LogP contribution is 2.27. The molecule has 7 nitrogen and oxygen atoms in total. The van der Waals surface area contributed by atoms with Crippen molar-refractivity contribution < 1.29 is 28.9 Å². The number of esters is 1. The first-order chi connectivity index (χ1) is 14.5. The number of ether oxygens (including phenoxy) is 3. The molecule has 7 heteroatoms. The third-order valence-corrected chi connectivity index (χ3v) is 4.35. The van der Waals surface area contributed by atoms with E-state index in [-0.39, 0.29) is 11.3 Å². The minimum atomic E-state index is -1.22. The van der Waals surface area contributed by atoms with Crippen LogP contribution in [0.5, 0.6) is 17.2 Å². The van der Waals surface area contributed by atoms with Crippen LogP contribution < -0.4 is 14.8 Å². The number of hydrogen-bond donors (Lipinski definition) is 2. The molecule has 0 saturated heterocycles. The van der Waals surface area contributed by atoms with E-state index in [2.05, 4.69) is 5.32 Å². The van der Waals surface area contributed by atoms with Gasteiger partial charge in [0.05, 0.1) is 14.2 Å². The van der Waals surface area contributed by atoms with Gasteiger partial charge in [0.15, 0.2) is 0 Å². The van der Waals surface area contributed by atoms with E-state index >= 15 is 0 Å². The van der Waals surface area contributed by atoms with Gasteiger partial charge in [0.1, 0.15) is 22.8 Å². The minimum absolute atomic E-state index is 0.0750. The molecule has 1 amide bonds. The molecule has 0 aromatic heterocycles. The average Bonchev–Trinajstić information content (AvgIpc) is 2.78. The van der Waals surface area contributed by atoms with Crippen molar-refractivity contribution in [2.75, 3.05) is 19.5 Å². The Kier molecular flexibility index (Phi) is 6.54. The smallest absolute Gasteiger partial charge is 0.343 e. The van der Waals surface area contributed by atoms with Gasteiger partial charge in [-0.15, -0.1) is 0 Å². The van der Waals surface area contributed by atoms with Gasteiger partial charge >= 0.3 is 5.97 Å². The van der Waals surface area contributed by atoms with Crippen LogP contribution in [0.3, 0.4) is 0 Å². The predicted molar refractivity (Wildman–Crippen MR) is 111 cm³/mol. The molecule has 3 aromatic rings. The van der Waals surface area contributed by atoms with Crippen molar-refractivity contribution in [3.8, 4) is 17.2 Å². The molecule has 154 valence electrons. The Hall–Kier alpha value is -4.00. The monoisotopic (exact) mass is 407 g/mol. The Balaban J connectivity index is 1.83. The fraction of sp³-hybridized carbons (Fsp3) is 0.130. The molecule has 0 aliphatic rings. The second-order valence-electron chi connectivity index (χ2n) is 6.30. The third-order valence-electron chi connectivity index (χ3n) is 4.35. The third kappa shape index (κ3) is 4.88.